The summed E-state index contributed by atoms with van der Waals surface area (Å²) in [6, 6.07) is 4.72. The molecule has 0 aromatic heterocycles. The third-order valence-corrected chi connectivity index (χ3v) is 2.96. The largest absolute Gasteiger partial charge is 0.392 e. The number of morpholine rings is 1. The van der Waals surface area contributed by atoms with Crippen LogP contribution in [-0.2, 0) is 11.3 Å². The van der Waals surface area contributed by atoms with Crippen molar-refractivity contribution >= 4 is 11.4 Å². The zero-order valence-electron chi connectivity index (χ0n) is 10.2. The van der Waals surface area contributed by atoms with Crippen LogP contribution in [0.1, 0.15) is 12.5 Å². The number of hydrogen-bond acceptors (Lipinski definition) is 5. The zero-order chi connectivity index (χ0) is 13.1. The van der Waals surface area contributed by atoms with Crippen LogP contribution in [0, 0.1) is 10.1 Å². The Balaban J connectivity index is 2.31. The van der Waals surface area contributed by atoms with E-state index in [2.05, 4.69) is 0 Å². The Morgan fingerprint density at radius 2 is 2.33 bits per heavy atom. The molecule has 1 aromatic carbocycles. The molecule has 18 heavy (non-hydrogen) atoms. The van der Waals surface area contributed by atoms with Crippen molar-refractivity contribution in [3.63, 3.8) is 0 Å². The smallest absolute Gasteiger partial charge is 0.271 e. The number of nitro groups is 1. The molecule has 6 heteroatoms. The van der Waals surface area contributed by atoms with Crippen molar-refractivity contribution in [2.75, 3.05) is 24.6 Å². The van der Waals surface area contributed by atoms with Gasteiger partial charge in [0.05, 0.1) is 24.2 Å². The lowest BCUT2D eigenvalue weighted by Gasteiger charge is -2.33. The highest BCUT2D eigenvalue weighted by Gasteiger charge is 2.19. The summed E-state index contributed by atoms with van der Waals surface area (Å²) in [6.45, 7) is 3.78. The Bertz CT molecular complexity index is 450. The van der Waals surface area contributed by atoms with E-state index >= 15 is 0 Å². The van der Waals surface area contributed by atoms with Crippen LogP contribution in [0.3, 0.4) is 0 Å². The lowest BCUT2D eigenvalue weighted by atomic mass is 10.1. The number of anilines is 1. The summed E-state index contributed by atoms with van der Waals surface area (Å²) in [5, 5.41) is 20.0. The fourth-order valence-electron chi connectivity index (χ4n) is 2.09. The van der Waals surface area contributed by atoms with E-state index in [1.54, 1.807) is 6.07 Å². The monoisotopic (exact) mass is 252 g/mol. The zero-order valence-corrected chi connectivity index (χ0v) is 10.2. The summed E-state index contributed by atoms with van der Waals surface area (Å²) >= 11 is 0. The minimum absolute atomic E-state index is 0.00990. The van der Waals surface area contributed by atoms with Gasteiger partial charge in [0.15, 0.2) is 0 Å². The number of rotatable bonds is 3. The number of nitro benzene ring substituents is 1. The number of hydrogen-bond donors (Lipinski definition) is 1. The number of aliphatic hydroxyl groups is 1. The fraction of sp³-hybridized carbons (Fsp3) is 0.500. The maximum atomic E-state index is 10.8. The molecule has 0 radical (unpaired) electrons. The molecule has 1 aliphatic rings. The number of benzene rings is 1. The van der Waals surface area contributed by atoms with Crippen molar-refractivity contribution in [1.29, 1.82) is 0 Å². The molecule has 1 aromatic rings. The summed E-state index contributed by atoms with van der Waals surface area (Å²) in [6.07, 6.45) is 0.107. The first-order valence-corrected chi connectivity index (χ1v) is 5.86. The molecule has 1 saturated heterocycles. The summed E-state index contributed by atoms with van der Waals surface area (Å²) in [5.74, 6) is 0. The Morgan fingerprint density at radius 1 is 1.56 bits per heavy atom. The molecule has 1 N–H and O–H groups in total. The second-order valence-corrected chi connectivity index (χ2v) is 4.40. The Labute approximate surface area is 105 Å². The van der Waals surface area contributed by atoms with Gasteiger partial charge in [0.25, 0.3) is 5.69 Å². The van der Waals surface area contributed by atoms with E-state index in [0.717, 1.165) is 5.69 Å². The molecule has 2 rings (SSSR count). The van der Waals surface area contributed by atoms with Crippen LogP contribution < -0.4 is 4.90 Å². The Kier molecular flexibility index (Phi) is 3.78. The molecule has 0 amide bonds. The summed E-state index contributed by atoms with van der Waals surface area (Å²) in [7, 11) is 0. The molecule has 1 heterocycles. The summed E-state index contributed by atoms with van der Waals surface area (Å²) in [4.78, 5) is 12.5. The van der Waals surface area contributed by atoms with Crippen molar-refractivity contribution in [2.24, 2.45) is 0 Å². The van der Waals surface area contributed by atoms with Gasteiger partial charge in [0.1, 0.15) is 0 Å². The van der Waals surface area contributed by atoms with Gasteiger partial charge in [-0.05, 0) is 18.6 Å². The van der Waals surface area contributed by atoms with Crippen LogP contribution in [0.5, 0.6) is 0 Å². The van der Waals surface area contributed by atoms with Crippen LogP contribution in [0.2, 0.25) is 0 Å². The Hall–Kier alpha value is -1.66. The molecular formula is C12H16N2O4. The molecule has 0 unspecified atom stereocenters. The molecule has 98 valence electrons. The van der Waals surface area contributed by atoms with Gasteiger partial charge in [-0.3, -0.25) is 10.1 Å². The SMILES string of the molecule is C[C@H]1CN(c2cc(CO)cc([N+](=O)[O-])c2)CCO1. The van der Waals surface area contributed by atoms with Gasteiger partial charge in [0.2, 0.25) is 0 Å². The van der Waals surface area contributed by atoms with Crippen molar-refractivity contribution < 1.29 is 14.8 Å². The molecule has 0 saturated carbocycles. The van der Waals surface area contributed by atoms with Crippen LogP contribution in [0.4, 0.5) is 11.4 Å². The quantitative estimate of drug-likeness (QED) is 0.648. The fourth-order valence-corrected chi connectivity index (χ4v) is 2.09. The standard InChI is InChI=1S/C12H16N2O4/c1-9-7-13(2-3-18-9)11-4-10(8-15)5-12(6-11)14(16)17/h4-6,9,15H,2-3,7-8H2,1H3/t9-/m0/s1. The van der Waals surface area contributed by atoms with E-state index in [9.17, 15) is 10.1 Å². The molecule has 1 atom stereocenters. The highest BCUT2D eigenvalue weighted by molar-refractivity contribution is 5.56. The van der Waals surface area contributed by atoms with Gasteiger partial charge in [0, 0.05) is 30.9 Å². The average molecular weight is 252 g/mol. The lowest BCUT2D eigenvalue weighted by Crippen LogP contribution is -2.41. The van der Waals surface area contributed by atoms with Gasteiger partial charge in [-0.15, -0.1) is 0 Å². The van der Waals surface area contributed by atoms with Gasteiger partial charge in [-0.25, -0.2) is 0 Å². The van der Waals surface area contributed by atoms with Crippen LogP contribution in [0.25, 0.3) is 0 Å². The van der Waals surface area contributed by atoms with Crippen molar-refractivity contribution in [3.8, 4) is 0 Å². The predicted octanol–water partition coefficient (Wildman–Crippen LogP) is 1.31. The summed E-state index contributed by atoms with van der Waals surface area (Å²) in [5.41, 5.74) is 1.33. The summed E-state index contributed by atoms with van der Waals surface area (Å²) < 4.78 is 5.44. The Morgan fingerprint density at radius 3 is 2.94 bits per heavy atom. The molecule has 0 spiro atoms. The van der Waals surface area contributed by atoms with Crippen LogP contribution in [0.15, 0.2) is 18.2 Å². The van der Waals surface area contributed by atoms with Gasteiger partial charge >= 0.3 is 0 Å². The topological polar surface area (TPSA) is 75.8 Å². The van der Waals surface area contributed by atoms with E-state index < -0.39 is 4.92 Å². The average Bonchev–Trinajstić information content (AvgIpc) is 2.38. The maximum absolute atomic E-state index is 10.8. The highest BCUT2D eigenvalue weighted by atomic mass is 16.6. The van der Waals surface area contributed by atoms with E-state index in [-0.39, 0.29) is 18.4 Å². The second-order valence-electron chi connectivity index (χ2n) is 4.40. The second kappa shape index (κ2) is 5.32. The normalized spacial score (nSPS) is 19.9. The minimum Gasteiger partial charge on any atom is -0.392 e. The van der Waals surface area contributed by atoms with Gasteiger partial charge in [-0.2, -0.15) is 0 Å². The van der Waals surface area contributed by atoms with E-state index in [1.807, 2.05) is 11.8 Å². The van der Waals surface area contributed by atoms with E-state index in [0.29, 0.717) is 25.3 Å². The van der Waals surface area contributed by atoms with Crippen LogP contribution in [-0.4, -0.2) is 35.8 Å². The van der Waals surface area contributed by atoms with Crippen molar-refractivity contribution in [3.05, 3.63) is 33.9 Å². The molecule has 6 nitrogen and oxygen atoms in total. The minimum atomic E-state index is -0.438. The molecule has 1 aliphatic heterocycles. The third kappa shape index (κ3) is 2.77. The number of ether oxygens (including phenoxy) is 1. The van der Waals surface area contributed by atoms with Gasteiger partial charge < -0.3 is 14.7 Å². The number of aliphatic hydroxyl groups excluding tert-OH is 1. The highest BCUT2D eigenvalue weighted by Crippen LogP contribution is 2.25. The lowest BCUT2D eigenvalue weighted by molar-refractivity contribution is -0.384. The van der Waals surface area contributed by atoms with Crippen molar-refractivity contribution in [2.45, 2.75) is 19.6 Å². The molecule has 1 fully saturated rings. The van der Waals surface area contributed by atoms with E-state index in [1.165, 1.54) is 12.1 Å². The van der Waals surface area contributed by atoms with Crippen molar-refractivity contribution in [1.82, 2.24) is 0 Å². The number of nitrogens with zero attached hydrogens (tertiary/aromatic N) is 2. The van der Waals surface area contributed by atoms with E-state index in [4.69, 9.17) is 9.84 Å². The molecule has 0 aliphatic carbocycles. The first-order valence-electron chi connectivity index (χ1n) is 5.86. The van der Waals surface area contributed by atoms with Crippen LogP contribution >= 0.6 is 0 Å². The molecule has 0 bridgehead atoms. The number of non-ortho nitro benzene ring substituents is 1. The first kappa shape index (κ1) is 12.8. The predicted molar refractivity (Wildman–Crippen MR) is 66.6 cm³/mol. The van der Waals surface area contributed by atoms with Gasteiger partial charge in [-0.1, -0.05) is 0 Å². The molecular weight excluding hydrogens is 236 g/mol. The maximum Gasteiger partial charge on any atom is 0.271 e. The first-order chi connectivity index (χ1) is 8.60. The third-order valence-electron chi connectivity index (χ3n) is 2.96.